The topological polar surface area (TPSA) is 42.9 Å². The van der Waals surface area contributed by atoms with Crippen molar-refractivity contribution in [2.75, 3.05) is 59.9 Å². The van der Waals surface area contributed by atoms with Crippen LogP contribution in [0.5, 0.6) is 0 Å². The molecule has 0 radical (unpaired) electrons. The van der Waals surface area contributed by atoms with Crippen molar-refractivity contribution >= 4 is 5.96 Å². The van der Waals surface area contributed by atoms with Crippen LogP contribution in [-0.4, -0.2) is 75.7 Å². The number of hydrogen-bond donors (Lipinski definition) is 2. The van der Waals surface area contributed by atoms with Crippen molar-refractivity contribution in [2.24, 2.45) is 10.9 Å². The number of guanidine groups is 1. The molecular weight excluding hydrogens is 298 g/mol. The number of nitrogens with zero attached hydrogens (tertiary/aromatic N) is 3. The van der Waals surface area contributed by atoms with Crippen LogP contribution in [-0.2, 0) is 0 Å². The third-order valence-electron chi connectivity index (χ3n) is 5.57. The SMILES string of the molecule is CN=C(NCCCCN1CCN(C)CC1)NCCCC1CCCC1. The summed E-state index contributed by atoms with van der Waals surface area (Å²) in [7, 11) is 4.09. The van der Waals surface area contributed by atoms with Crippen LogP contribution in [0.1, 0.15) is 51.4 Å². The fourth-order valence-corrected chi connectivity index (χ4v) is 3.86. The molecule has 0 atom stereocenters. The van der Waals surface area contributed by atoms with Gasteiger partial charge in [0, 0.05) is 46.3 Å². The number of rotatable bonds is 9. The van der Waals surface area contributed by atoms with Crippen molar-refractivity contribution in [3.05, 3.63) is 0 Å². The normalized spacial score (nSPS) is 21.3. The van der Waals surface area contributed by atoms with Crippen LogP contribution in [0.2, 0.25) is 0 Å². The van der Waals surface area contributed by atoms with E-state index in [0.29, 0.717) is 0 Å². The van der Waals surface area contributed by atoms with Gasteiger partial charge in [0.25, 0.3) is 0 Å². The Balaban J connectivity index is 1.43. The highest BCUT2D eigenvalue weighted by Gasteiger charge is 2.14. The predicted molar refractivity (Wildman–Crippen MR) is 104 cm³/mol. The van der Waals surface area contributed by atoms with Gasteiger partial charge in [-0.1, -0.05) is 25.7 Å². The first-order valence-corrected chi connectivity index (χ1v) is 10.1. The zero-order valence-corrected chi connectivity index (χ0v) is 16.0. The lowest BCUT2D eigenvalue weighted by atomic mass is 10.0. The molecule has 1 aliphatic heterocycles. The van der Waals surface area contributed by atoms with Crippen molar-refractivity contribution in [3.8, 4) is 0 Å². The van der Waals surface area contributed by atoms with E-state index in [9.17, 15) is 0 Å². The number of piperazine rings is 1. The zero-order chi connectivity index (χ0) is 17.0. The van der Waals surface area contributed by atoms with E-state index >= 15 is 0 Å². The fraction of sp³-hybridized carbons (Fsp3) is 0.947. The standard InChI is InChI=1S/C19H39N5/c1-20-19(22-12-7-10-18-8-3-4-9-18)21-11-5-6-13-24-16-14-23(2)15-17-24/h18H,3-17H2,1-2H3,(H2,20,21,22). The molecule has 2 aliphatic rings. The summed E-state index contributed by atoms with van der Waals surface area (Å²) in [6.45, 7) is 8.21. The fourth-order valence-electron chi connectivity index (χ4n) is 3.86. The summed E-state index contributed by atoms with van der Waals surface area (Å²) < 4.78 is 0. The Morgan fingerprint density at radius 2 is 1.62 bits per heavy atom. The molecule has 24 heavy (non-hydrogen) atoms. The van der Waals surface area contributed by atoms with Crippen LogP contribution in [0.4, 0.5) is 0 Å². The van der Waals surface area contributed by atoms with Crippen LogP contribution in [0.25, 0.3) is 0 Å². The highest BCUT2D eigenvalue weighted by Crippen LogP contribution is 2.28. The first-order chi connectivity index (χ1) is 11.8. The Morgan fingerprint density at radius 3 is 2.29 bits per heavy atom. The largest absolute Gasteiger partial charge is 0.356 e. The monoisotopic (exact) mass is 337 g/mol. The minimum Gasteiger partial charge on any atom is -0.356 e. The molecule has 1 heterocycles. The molecule has 0 amide bonds. The highest BCUT2D eigenvalue weighted by molar-refractivity contribution is 5.79. The molecule has 0 unspecified atom stereocenters. The van der Waals surface area contributed by atoms with Gasteiger partial charge in [-0.05, 0) is 45.2 Å². The molecule has 0 aromatic rings. The van der Waals surface area contributed by atoms with Crippen molar-refractivity contribution in [1.82, 2.24) is 20.4 Å². The molecule has 5 nitrogen and oxygen atoms in total. The van der Waals surface area contributed by atoms with Crippen molar-refractivity contribution in [1.29, 1.82) is 0 Å². The van der Waals surface area contributed by atoms with Gasteiger partial charge in [-0.15, -0.1) is 0 Å². The first-order valence-electron chi connectivity index (χ1n) is 10.1. The Hall–Kier alpha value is -0.810. The van der Waals surface area contributed by atoms with Gasteiger partial charge in [-0.3, -0.25) is 4.99 Å². The molecule has 0 aromatic heterocycles. The summed E-state index contributed by atoms with van der Waals surface area (Å²) in [5, 5.41) is 6.92. The highest BCUT2D eigenvalue weighted by atomic mass is 15.2. The molecule has 5 heteroatoms. The van der Waals surface area contributed by atoms with Crippen molar-refractivity contribution in [2.45, 2.75) is 51.4 Å². The van der Waals surface area contributed by atoms with Crippen molar-refractivity contribution in [3.63, 3.8) is 0 Å². The van der Waals surface area contributed by atoms with Crippen LogP contribution < -0.4 is 10.6 Å². The van der Waals surface area contributed by atoms with E-state index in [4.69, 9.17) is 0 Å². The maximum atomic E-state index is 4.33. The second-order valence-electron chi connectivity index (χ2n) is 7.57. The van der Waals surface area contributed by atoms with E-state index in [0.717, 1.165) is 25.0 Å². The molecule has 1 aliphatic carbocycles. The third-order valence-corrected chi connectivity index (χ3v) is 5.57. The van der Waals surface area contributed by atoms with Crippen molar-refractivity contribution < 1.29 is 0 Å². The minimum absolute atomic E-state index is 0.973. The number of nitrogens with one attached hydrogen (secondary N) is 2. The van der Waals surface area contributed by atoms with E-state index < -0.39 is 0 Å². The summed E-state index contributed by atoms with van der Waals surface area (Å²) in [4.78, 5) is 9.34. The Bertz CT molecular complexity index is 344. The second-order valence-corrected chi connectivity index (χ2v) is 7.57. The second kappa shape index (κ2) is 11.7. The summed E-state index contributed by atoms with van der Waals surface area (Å²) in [5.74, 6) is 1.97. The molecule has 0 spiro atoms. The number of unbranched alkanes of at least 4 members (excludes halogenated alkanes) is 1. The van der Waals surface area contributed by atoms with Crippen LogP contribution >= 0.6 is 0 Å². The Kier molecular flexibility index (Phi) is 9.51. The quantitative estimate of drug-likeness (QED) is 0.384. The third kappa shape index (κ3) is 7.84. The average Bonchev–Trinajstić information content (AvgIpc) is 3.11. The van der Waals surface area contributed by atoms with Gasteiger partial charge in [-0.2, -0.15) is 0 Å². The lowest BCUT2D eigenvalue weighted by Crippen LogP contribution is -2.44. The van der Waals surface area contributed by atoms with Gasteiger partial charge in [0.15, 0.2) is 5.96 Å². The van der Waals surface area contributed by atoms with E-state index in [2.05, 4.69) is 32.5 Å². The molecule has 0 aromatic carbocycles. The lowest BCUT2D eigenvalue weighted by Gasteiger charge is -2.32. The summed E-state index contributed by atoms with van der Waals surface area (Å²) in [5.41, 5.74) is 0. The van der Waals surface area contributed by atoms with Gasteiger partial charge < -0.3 is 20.4 Å². The predicted octanol–water partition coefficient (Wildman–Crippen LogP) is 2.15. The van der Waals surface area contributed by atoms with Gasteiger partial charge in [0.05, 0.1) is 0 Å². The Labute approximate surface area is 149 Å². The van der Waals surface area contributed by atoms with Gasteiger partial charge >= 0.3 is 0 Å². The molecule has 0 bridgehead atoms. The molecule has 1 saturated carbocycles. The molecular formula is C19H39N5. The number of hydrogen-bond acceptors (Lipinski definition) is 3. The minimum atomic E-state index is 0.973. The van der Waals surface area contributed by atoms with Crippen LogP contribution in [0, 0.1) is 5.92 Å². The van der Waals surface area contributed by atoms with Gasteiger partial charge in [0.2, 0.25) is 0 Å². The summed E-state index contributed by atoms with van der Waals surface area (Å²) >= 11 is 0. The molecule has 140 valence electrons. The smallest absolute Gasteiger partial charge is 0.190 e. The van der Waals surface area contributed by atoms with Gasteiger partial charge in [0.1, 0.15) is 0 Å². The molecule has 2 fully saturated rings. The molecule has 1 saturated heterocycles. The van der Waals surface area contributed by atoms with E-state index in [1.165, 1.54) is 84.1 Å². The van der Waals surface area contributed by atoms with E-state index in [1.807, 2.05) is 7.05 Å². The summed E-state index contributed by atoms with van der Waals surface area (Å²) in [6, 6.07) is 0. The first kappa shape index (κ1) is 19.5. The van der Waals surface area contributed by atoms with Gasteiger partial charge in [-0.25, -0.2) is 0 Å². The van der Waals surface area contributed by atoms with E-state index in [1.54, 1.807) is 0 Å². The summed E-state index contributed by atoms with van der Waals surface area (Å²) in [6.07, 6.45) is 11.0. The molecule has 2 rings (SSSR count). The molecule has 2 N–H and O–H groups in total. The number of likely N-dealkylation sites (N-methyl/N-ethyl adjacent to an activating group) is 1. The Morgan fingerprint density at radius 1 is 0.958 bits per heavy atom. The zero-order valence-electron chi connectivity index (χ0n) is 16.0. The maximum Gasteiger partial charge on any atom is 0.190 e. The van der Waals surface area contributed by atoms with Crippen LogP contribution in [0.3, 0.4) is 0 Å². The number of aliphatic imine (C=N–C) groups is 1. The van der Waals surface area contributed by atoms with E-state index in [-0.39, 0.29) is 0 Å². The average molecular weight is 338 g/mol. The van der Waals surface area contributed by atoms with Crippen LogP contribution in [0.15, 0.2) is 4.99 Å². The lowest BCUT2D eigenvalue weighted by molar-refractivity contribution is 0.152. The maximum absolute atomic E-state index is 4.33.